The Morgan fingerprint density at radius 2 is 2.06 bits per heavy atom. The Labute approximate surface area is 107 Å². The van der Waals surface area contributed by atoms with E-state index < -0.39 is 5.60 Å². The number of hydrogen-bond donors (Lipinski definition) is 1. The van der Waals surface area contributed by atoms with Gasteiger partial charge in [-0.3, -0.25) is 0 Å². The molecule has 2 aliphatic heterocycles. The predicted octanol–water partition coefficient (Wildman–Crippen LogP) is 1.40. The van der Waals surface area contributed by atoms with Gasteiger partial charge in [0, 0.05) is 23.8 Å². The topological polar surface area (TPSA) is 60.1 Å². The summed E-state index contributed by atoms with van der Waals surface area (Å²) in [5.74, 6) is 0. The van der Waals surface area contributed by atoms with E-state index in [0.717, 1.165) is 18.4 Å². The molecule has 2 atom stereocenters. The first kappa shape index (κ1) is 11.6. The number of pyridine rings is 1. The highest BCUT2D eigenvalue weighted by Gasteiger charge is 2.46. The summed E-state index contributed by atoms with van der Waals surface area (Å²) in [7, 11) is 2.15. The number of aromatic nitrogens is 1. The lowest BCUT2D eigenvalue weighted by molar-refractivity contribution is -0.0495. The summed E-state index contributed by atoms with van der Waals surface area (Å²) in [4.78, 5) is 6.47. The lowest BCUT2D eigenvalue weighted by atomic mass is 9.81. The average Bonchev–Trinajstić information content (AvgIpc) is 2.63. The van der Waals surface area contributed by atoms with Gasteiger partial charge in [0.25, 0.3) is 0 Å². The van der Waals surface area contributed by atoms with Crippen LogP contribution in [0.15, 0.2) is 18.3 Å². The molecule has 0 spiro atoms. The number of hydrogen-bond acceptors (Lipinski definition) is 4. The summed E-state index contributed by atoms with van der Waals surface area (Å²) < 4.78 is 0. The molecular weight excluding hydrogens is 226 g/mol. The molecule has 0 amide bonds. The zero-order valence-corrected chi connectivity index (χ0v) is 10.5. The first-order chi connectivity index (χ1) is 8.62. The number of fused-ring (bicyclic) bond motifs is 2. The highest BCUT2D eigenvalue weighted by Crippen LogP contribution is 2.44. The van der Waals surface area contributed by atoms with Crippen molar-refractivity contribution in [2.75, 3.05) is 7.05 Å². The van der Waals surface area contributed by atoms with E-state index >= 15 is 0 Å². The van der Waals surface area contributed by atoms with Gasteiger partial charge in [0.15, 0.2) is 0 Å². The van der Waals surface area contributed by atoms with E-state index in [1.165, 1.54) is 12.8 Å². The molecule has 0 aromatic carbocycles. The van der Waals surface area contributed by atoms with E-state index in [4.69, 9.17) is 5.26 Å². The molecule has 0 saturated carbocycles. The van der Waals surface area contributed by atoms with Crippen molar-refractivity contribution in [1.29, 1.82) is 5.26 Å². The highest BCUT2D eigenvalue weighted by molar-refractivity contribution is 5.28. The van der Waals surface area contributed by atoms with Crippen LogP contribution in [0.5, 0.6) is 0 Å². The maximum absolute atomic E-state index is 10.9. The molecule has 3 rings (SSSR count). The highest BCUT2D eigenvalue weighted by atomic mass is 16.3. The van der Waals surface area contributed by atoms with E-state index in [0.29, 0.717) is 17.8 Å². The lowest BCUT2D eigenvalue weighted by Crippen LogP contribution is -2.47. The minimum atomic E-state index is -0.765. The maximum Gasteiger partial charge on any atom is 0.140 e. The normalized spacial score (nSPS) is 35.4. The second-order valence-electron chi connectivity index (χ2n) is 5.53. The zero-order valence-electron chi connectivity index (χ0n) is 10.5. The van der Waals surface area contributed by atoms with Crippen molar-refractivity contribution in [2.45, 2.75) is 43.4 Å². The van der Waals surface area contributed by atoms with Crippen molar-refractivity contribution in [3.05, 3.63) is 29.6 Å². The van der Waals surface area contributed by atoms with Crippen molar-refractivity contribution >= 4 is 0 Å². The minimum Gasteiger partial charge on any atom is -0.385 e. The van der Waals surface area contributed by atoms with Crippen molar-refractivity contribution < 1.29 is 5.11 Å². The van der Waals surface area contributed by atoms with Crippen molar-refractivity contribution in [3.8, 4) is 6.07 Å². The largest absolute Gasteiger partial charge is 0.385 e. The molecule has 4 nitrogen and oxygen atoms in total. The third-order valence-electron chi connectivity index (χ3n) is 4.55. The van der Waals surface area contributed by atoms with Crippen LogP contribution in [0.1, 0.15) is 36.9 Å². The molecule has 1 aromatic heterocycles. The van der Waals surface area contributed by atoms with Crippen molar-refractivity contribution in [3.63, 3.8) is 0 Å². The summed E-state index contributed by atoms with van der Waals surface area (Å²) in [5, 5.41) is 19.6. The molecule has 3 heterocycles. The van der Waals surface area contributed by atoms with Crippen LogP contribution < -0.4 is 0 Å². The van der Waals surface area contributed by atoms with E-state index in [2.05, 4.69) is 16.9 Å². The van der Waals surface area contributed by atoms with Gasteiger partial charge in [-0.1, -0.05) is 6.07 Å². The van der Waals surface area contributed by atoms with Gasteiger partial charge in [-0.15, -0.1) is 0 Å². The summed E-state index contributed by atoms with van der Waals surface area (Å²) in [6.07, 6.45) is 5.55. The van der Waals surface area contributed by atoms with Crippen molar-refractivity contribution in [2.24, 2.45) is 0 Å². The van der Waals surface area contributed by atoms with E-state index in [-0.39, 0.29) is 0 Å². The Bertz CT molecular complexity index is 477. The van der Waals surface area contributed by atoms with E-state index in [9.17, 15) is 5.11 Å². The fourth-order valence-electron chi connectivity index (χ4n) is 3.42. The summed E-state index contributed by atoms with van der Waals surface area (Å²) in [5.41, 5.74) is 0.490. The van der Waals surface area contributed by atoms with E-state index in [1.807, 2.05) is 12.1 Å². The minimum absolute atomic E-state index is 0.401. The standard InChI is InChI=1S/C14H17N3O/c1-17-12-4-5-13(17)7-14(18,6-12)10-2-3-11(8-15)16-9-10/h2-3,9,12-13,18H,4-7H2,1H3. The van der Waals surface area contributed by atoms with Gasteiger partial charge in [0.05, 0.1) is 5.60 Å². The number of nitriles is 1. The Hall–Kier alpha value is -1.44. The molecular formula is C14H17N3O. The smallest absolute Gasteiger partial charge is 0.140 e. The fraction of sp³-hybridized carbons (Fsp3) is 0.571. The Morgan fingerprint density at radius 1 is 1.39 bits per heavy atom. The second-order valence-corrected chi connectivity index (χ2v) is 5.53. The Kier molecular flexibility index (Phi) is 2.61. The quantitative estimate of drug-likeness (QED) is 0.810. The maximum atomic E-state index is 10.9. The summed E-state index contributed by atoms with van der Waals surface area (Å²) in [6, 6.07) is 6.49. The third-order valence-corrected chi connectivity index (χ3v) is 4.55. The van der Waals surface area contributed by atoms with Gasteiger partial charge >= 0.3 is 0 Å². The number of rotatable bonds is 1. The van der Waals surface area contributed by atoms with E-state index in [1.54, 1.807) is 12.3 Å². The Balaban J connectivity index is 1.89. The first-order valence-electron chi connectivity index (χ1n) is 6.43. The molecule has 2 bridgehead atoms. The Morgan fingerprint density at radius 3 is 2.56 bits per heavy atom. The van der Waals surface area contributed by atoms with Crippen LogP contribution in [0, 0.1) is 11.3 Å². The lowest BCUT2D eigenvalue weighted by Gasteiger charge is -2.42. The van der Waals surface area contributed by atoms with Crippen LogP contribution >= 0.6 is 0 Å². The third kappa shape index (κ3) is 1.71. The zero-order chi connectivity index (χ0) is 12.8. The van der Waals surface area contributed by atoms with Gasteiger partial charge in [0.2, 0.25) is 0 Å². The first-order valence-corrected chi connectivity index (χ1v) is 6.43. The van der Waals surface area contributed by atoms with Crippen LogP contribution in [-0.4, -0.2) is 34.1 Å². The average molecular weight is 243 g/mol. The number of aliphatic hydroxyl groups is 1. The summed E-state index contributed by atoms with van der Waals surface area (Å²) in [6.45, 7) is 0. The molecule has 0 aliphatic carbocycles. The van der Waals surface area contributed by atoms with Crippen LogP contribution in [0.25, 0.3) is 0 Å². The van der Waals surface area contributed by atoms with Crippen molar-refractivity contribution in [1.82, 2.24) is 9.88 Å². The molecule has 1 N–H and O–H groups in total. The number of piperidine rings is 1. The monoisotopic (exact) mass is 243 g/mol. The molecule has 0 radical (unpaired) electrons. The molecule has 2 unspecified atom stereocenters. The molecule has 1 aromatic rings. The van der Waals surface area contributed by atoms with Gasteiger partial charge in [-0.2, -0.15) is 5.26 Å². The second kappa shape index (κ2) is 4.04. The van der Waals surface area contributed by atoms with Gasteiger partial charge in [-0.05, 0) is 38.8 Å². The van der Waals surface area contributed by atoms with Gasteiger partial charge in [0.1, 0.15) is 11.8 Å². The summed E-state index contributed by atoms with van der Waals surface area (Å²) >= 11 is 0. The predicted molar refractivity (Wildman–Crippen MR) is 66.7 cm³/mol. The van der Waals surface area contributed by atoms with Crippen LogP contribution in [0.4, 0.5) is 0 Å². The van der Waals surface area contributed by atoms with Gasteiger partial charge in [-0.25, -0.2) is 4.98 Å². The van der Waals surface area contributed by atoms with Gasteiger partial charge < -0.3 is 10.0 Å². The fourth-order valence-corrected chi connectivity index (χ4v) is 3.42. The molecule has 94 valence electrons. The molecule has 2 saturated heterocycles. The molecule has 4 heteroatoms. The SMILES string of the molecule is CN1C2CCC1CC(O)(c1ccc(C#N)nc1)C2. The number of nitrogens with zero attached hydrogens (tertiary/aromatic N) is 3. The van der Waals surface area contributed by atoms with Crippen LogP contribution in [-0.2, 0) is 5.60 Å². The van der Waals surface area contributed by atoms with Crippen LogP contribution in [0.3, 0.4) is 0 Å². The molecule has 2 fully saturated rings. The molecule has 2 aliphatic rings. The van der Waals surface area contributed by atoms with Crippen LogP contribution in [0.2, 0.25) is 0 Å². The molecule has 18 heavy (non-hydrogen) atoms.